The van der Waals surface area contributed by atoms with Gasteiger partial charge in [-0.3, -0.25) is 0 Å². The molecule has 5 nitrogen and oxygen atoms in total. The summed E-state index contributed by atoms with van der Waals surface area (Å²) in [6.07, 6.45) is 1.63. The van der Waals surface area contributed by atoms with Crippen molar-refractivity contribution >= 4 is 0 Å². The fourth-order valence-corrected chi connectivity index (χ4v) is 1.03. The van der Waals surface area contributed by atoms with Gasteiger partial charge in [0.2, 0.25) is 0 Å². The van der Waals surface area contributed by atoms with Crippen LogP contribution in [0.3, 0.4) is 0 Å². The number of nitrogens with zero attached hydrogens (tertiary/aromatic N) is 2. The van der Waals surface area contributed by atoms with E-state index in [1.54, 1.807) is 0 Å². The second kappa shape index (κ2) is 7.08. The van der Waals surface area contributed by atoms with Crippen molar-refractivity contribution in [3.05, 3.63) is 18.2 Å². The number of hydrogen-bond acceptors (Lipinski definition) is 5. The summed E-state index contributed by atoms with van der Waals surface area (Å²) in [4.78, 5) is 7.30. The van der Waals surface area contributed by atoms with Gasteiger partial charge in [-0.15, -0.1) is 0 Å². The highest BCUT2D eigenvalue weighted by Gasteiger charge is 2.09. The summed E-state index contributed by atoms with van der Waals surface area (Å²) < 4.78 is 28.2. The summed E-state index contributed by atoms with van der Waals surface area (Å²) in [5.41, 5.74) is 0. The Balaban J connectivity index is 2.38. The number of rotatable bonds is 7. The van der Waals surface area contributed by atoms with E-state index in [1.807, 2.05) is 13.8 Å². The third-order valence-electron chi connectivity index (χ3n) is 1.65. The Kier molecular flexibility index (Phi) is 5.66. The molecule has 0 aliphatic heterocycles. The van der Waals surface area contributed by atoms with Crippen molar-refractivity contribution in [1.82, 2.24) is 9.97 Å². The molecule has 0 saturated heterocycles. The Morgan fingerprint density at radius 2 is 1.75 bits per heavy atom. The Morgan fingerprint density at radius 3 is 2.25 bits per heavy atom. The van der Waals surface area contributed by atoms with Gasteiger partial charge in [0.05, 0.1) is 12.4 Å². The third-order valence-corrected chi connectivity index (χ3v) is 1.65. The number of aromatic nitrogens is 2. The quantitative estimate of drug-likeness (QED) is 0.662. The molecule has 1 aromatic heterocycles. The molecule has 0 atom stereocenters. The van der Waals surface area contributed by atoms with Gasteiger partial charge in [-0.1, -0.05) is 0 Å². The van der Waals surface area contributed by atoms with Crippen molar-refractivity contribution < 1.29 is 18.6 Å². The van der Waals surface area contributed by atoms with Crippen LogP contribution in [-0.2, 0) is 9.47 Å². The first-order chi connectivity index (χ1) is 7.76. The van der Waals surface area contributed by atoms with Crippen LogP contribution in [0.2, 0.25) is 0 Å². The first-order valence-corrected chi connectivity index (χ1v) is 5.09. The molecule has 1 rings (SSSR count). The van der Waals surface area contributed by atoms with Crippen molar-refractivity contribution in [3.8, 4) is 6.01 Å². The molecule has 0 unspecified atom stereocenters. The topological polar surface area (TPSA) is 53.5 Å². The molecule has 6 heteroatoms. The number of hydrogen-bond donors (Lipinski definition) is 0. The largest absolute Gasteiger partial charge is 0.458 e. The van der Waals surface area contributed by atoms with Crippen molar-refractivity contribution in [1.29, 1.82) is 0 Å². The van der Waals surface area contributed by atoms with Crippen LogP contribution in [0.25, 0.3) is 0 Å². The molecule has 0 aromatic carbocycles. The molecule has 0 fully saturated rings. The highest BCUT2D eigenvalue weighted by molar-refractivity contribution is 4.95. The standard InChI is InChI=1S/C10H15FN2O3/c1-3-14-9(15-4-2)7-16-10-12-5-8(11)6-13-10/h5-6,9H,3-4,7H2,1-2H3. The molecule has 0 aliphatic carbocycles. The van der Waals surface area contributed by atoms with Gasteiger partial charge in [0.1, 0.15) is 6.61 Å². The van der Waals surface area contributed by atoms with Crippen LogP contribution in [0.4, 0.5) is 4.39 Å². The number of halogens is 1. The van der Waals surface area contributed by atoms with Gasteiger partial charge in [-0.25, -0.2) is 14.4 Å². The zero-order valence-electron chi connectivity index (χ0n) is 9.35. The van der Waals surface area contributed by atoms with Crippen LogP contribution >= 0.6 is 0 Å². The summed E-state index contributed by atoms with van der Waals surface area (Å²) in [5, 5.41) is 0. The SMILES string of the molecule is CCOC(COc1ncc(F)cn1)OCC. The van der Waals surface area contributed by atoms with E-state index in [0.29, 0.717) is 13.2 Å². The van der Waals surface area contributed by atoms with Gasteiger partial charge in [-0.05, 0) is 13.8 Å². The minimum absolute atomic E-state index is 0.103. The minimum Gasteiger partial charge on any atom is -0.458 e. The van der Waals surface area contributed by atoms with Gasteiger partial charge in [0.25, 0.3) is 0 Å². The van der Waals surface area contributed by atoms with E-state index >= 15 is 0 Å². The van der Waals surface area contributed by atoms with Crippen LogP contribution in [0.15, 0.2) is 12.4 Å². The van der Waals surface area contributed by atoms with Crippen LogP contribution in [-0.4, -0.2) is 36.1 Å². The minimum atomic E-state index is -0.501. The fourth-order valence-electron chi connectivity index (χ4n) is 1.03. The first-order valence-electron chi connectivity index (χ1n) is 5.09. The van der Waals surface area contributed by atoms with Crippen LogP contribution in [0, 0.1) is 5.82 Å². The molecule has 0 spiro atoms. The maximum Gasteiger partial charge on any atom is 0.316 e. The summed E-state index contributed by atoms with van der Waals surface area (Å²) in [6, 6.07) is 0.103. The molecule has 0 amide bonds. The molecular formula is C10H15FN2O3. The highest BCUT2D eigenvalue weighted by Crippen LogP contribution is 2.03. The lowest BCUT2D eigenvalue weighted by Gasteiger charge is -2.16. The summed E-state index contributed by atoms with van der Waals surface area (Å²) in [5.74, 6) is -0.501. The van der Waals surface area contributed by atoms with Crippen molar-refractivity contribution in [2.75, 3.05) is 19.8 Å². The molecule has 1 heterocycles. The second-order valence-electron chi connectivity index (χ2n) is 2.84. The van der Waals surface area contributed by atoms with Gasteiger partial charge in [0.15, 0.2) is 12.1 Å². The molecule has 0 radical (unpaired) electrons. The lowest BCUT2D eigenvalue weighted by Crippen LogP contribution is -2.25. The van der Waals surface area contributed by atoms with E-state index in [-0.39, 0.29) is 12.6 Å². The third kappa shape index (κ3) is 4.50. The van der Waals surface area contributed by atoms with Gasteiger partial charge in [-0.2, -0.15) is 0 Å². The second-order valence-corrected chi connectivity index (χ2v) is 2.84. The average Bonchev–Trinajstić information content (AvgIpc) is 2.29. The first kappa shape index (κ1) is 12.8. The smallest absolute Gasteiger partial charge is 0.316 e. The van der Waals surface area contributed by atoms with E-state index in [2.05, 4.69) is 9.97 Å². The Labute approximate surface area is 93.6 Å². The van der Waals surface area contributed by atoms with Gasteiger partial charge in [0, 0.05) is 13.2 Å². The summed E-state index contributed by atoms with van der Waals surface area (Å²) in [6.45, 7) is 4.95. The van der Waals surface area contributed by atoms with Crippen LogP contribution in [0.5, 0.6) is 6.01 Å². The molecule has 0 aliphatic rings. The normalized spacial score (nSPS) is 10.8. The van der Waals surface area contributed by atoms with Gasteiger partial charge < -0.3 is 14.2 Å². The molecule has 16 heavy (non-hydrogen) atoms. The predicted octanol–water partition coefficient (Wildman–Crippen LogP) is 1.39. The van der Waals surface area contributed by atoms with Crippen LogP contribution < -0.4 is 4.74 Å². The fraction of sp³-hybridized carbons (Fsp3) is 0.600. The Bertz CT molecular complexity index is 289. The van der Waals surface area contributed by atoms with E-state index in [4.69, 9.17) is 14.2 Å². The molecule has 1 aromatic rings. The van der Waals surface area contributed by atoms with Gasteiger partial charge >= 0.3 is 6.01 Å². The zero-order chi connectivity index (χ0) is 11.8. The molecule has 90 valence electrons. The maximum absolute atomic E-state index is 12.5. The van der Waals surface area contributed by atoms with Crippen molar-refractivity contribution in [2.45, 2.75) is 20.1 Å². The van der Waals surface area contributed by atoms with Crippen LogP contribution in [0.1, 0.15) is 13.8 Å². The molecule has 0 N–H and O–H groups in total. The molecular weight excluding hydrogens is 215 g/mol. The average molecular weight is 230 g/mol. The van der Waals surface area contributed by atoms with Crippen molar-refractivity contribution in [2.24, 2.45) is 0 Å². The summed E-state index contributed by atoms with van der Waals surface area (Å²) in [7, 11) is 0. The van der Waals surface area contributed by atoms with Crippen molar-refractivity contribution in [3.63, 3.8) is 0 Å². The van der Waals surface area contributed by atoms with E-state index in [9.17, 15) is 4.39 Å². The highest BCUT2D eigenvalue weighted by atomic mass is 19.1. The number of ether oxygens (including phenoxy) is 3. The van der Waals surface area contributed by atoms with E-state index in [1.165, 1.54) is 0 Å². The molecule has 0 bridgehead atoms. The lowest BCUT2D eigenvalue weighted by atomic mass is 10.6. The maximum atomic E-state index is 12.5. The predicted molar refractivity (Wildman–Crippen MR) is 54.5 cm³/mol. The monoisotopic (exact) mass is 230 g/mol. The lowest BCUT2D eigenvalue weighted by molar-refractivity contribution is -0.153. The Hall–Kier alpha value is -1.27. The summed E-state index contributed by atoms with van der Waals surface area (Å²) >= 11 is 0. The molecule has 0 saturated carbocycles. The Morgan fingerprint density at radius 1 is 1.19 bits per heavy atom. The van der Waals surface area contributed by atoms with E-state index < -0.39 is 12.1 Å². The zero-order valence-corrected chi connectivity index (χ0v) is 9.35. The van der Waals surface area contributed by atoms with E-state index in [0.717, 1.165) is 12.4 Å².